The van der Waals surface area contributed by atoms with Crippen LogP contribution in [-0.4, -0.2) is 34.4 Å². The van der Waals surface area contributed by atoms with Gasteiger partial charge in [0.2, 0.25) is 5.91 Å². The zero-order chi connectivity index (χ0) is 17.1. The number of aryl methyl sites for hydroxylation is 1. The number of rotatable bonds is 3. The Morgan fingerprint density at radius 3 is 2.67 bits per heavy atom. The van der Waals surface area contributed by atoms with Crippen LogP contribution >= 0.6 is 11.8 Å². The van der Waals surface area contributed by atoms with Gasteiger partial charge in [-0.3, -0.25) is 9.59 Å². The third-order valence-electron chi connectivity index (χ3n) is 3.91. The number of benzene rings is 2. The SMILES string of the molecule is Cc1cc(F)ccc1NC(=O)[C@@H]1CSCN1C(=O)c1ccccc1. The minimum atomic E-state index is -0.535. The molecule has 1 aliphatic heterocycles. The van der Waals surface area contributed by atoms with Gasteiger partial charge in [0.05, 0.1) is 5.88 Å². The maximum Gasteiger partial charge on any atom is 0.255 e. The number of carbonyl (C=O) groups excluding carboxylic acids is 2. The van der Waals surface area contributed by atoms with E-state index in [4.69, 9.17) is 0 Å². The first kappa shape index (κ1) is 16.5. The number of thioether (sulfide) groups is 1. The van der Waals surface area contributed by atoms with Gasteiger partial charge in [-0.25, -0.2) is 4.39 Å². The van der Waals surface area contributed by atoms with Gasteiger partial charge >= 0.3 is 0 Å². The Labute approximate surface area is 144 Å². The second-order valence-corrected chi connectivity index (χ2v) is 6.60. The molecule has 124 valence electrons. The first-order valence-electron chi connectivity index (χ1n) is 7.57. The normalized spacial score (nSPS) is 16.9. The third kappa shape index (κ3) is 3.43. The van der Waals surface area contributed by atoms with Gasteiger partial charge in [0.25, 0.3) is 5.91 Å². The number of hydrogen-bond acceptors (Lipinski definition) is 3. The molecule has 2 amide bonds. The summed E-state index contributed by atoms with van der Waals surface area (Å²) in [6.45, 7) is 1.73. The Balaban J connectivity index is 1.75. The van der Waals surface area contributed by atoms with E-state index in [1.165, 1.54) is 18.2 Å². The van der Waals surface area contributed by atoms with Gasteiger partial charge in [0.1, 0.15) is 11.9 Å². The molecular formula is C18H17FN2O2S. The highest BCUT2D eigenvalue weighted by molar-refractivity contribution is 7.99. The van der Waals surface area contributed by atoms with E-state index in [1.807, 2.05) is 6.07 Å². The maximum absolute atomic E-state index is 13.2. The van der Waals surface area contributed by atoms with Gasteiger partial charge in [-0.05, 0) is 42.8 Å². The van der Waals surface area contributed by atoms with Crippen molar-refractivity contribution in [2.45, 2.75) is 13.0 Å². The molecule has 0 aliphatic carbocycles. The number of nitrogens with one attached hydrogen (secondary N) is 1. The zero-order valence-corrected chi connectivity index (χ0v) is 14.0. The molecule has 6 heteroatoms. The summed E-state index contributed by atoms with van der Waals surface area (Å²) in [5.74, 6) is 0.275. The minimum absolute atomic E-state index is 0.156. The van der Waals surface area contributed by atoms with Crippen LogP contribution in [0, 0.1) is 12.7 Å². The van der Waals surface area contributed by atoms with Crippen molar-refractivity contribution >= 4 is 29.3 Å². The number of halogens is 1. The predicted octanol–water partition coefficient (Wildman–Crippen LogP) is 3.29. The van der Waals surface area contributed by atoms with Gasteiger partial charge in [-0.1, -0.05) is 18.2 Å². The number of amides is 2. The quantitative estimate of drug-likeness (QED) is 0.929. The number of nitrogens with zero attached hydrogens (tertiary/aromatic N) is 1. The van der Waals surface area contributed by atoms with Crippen LogP contribution in [-0.2, 0) is 4.79 Å². The summed E-state index contributed by atoms with van der Waals surface area (Å²) in [6.07, 6.45) is 0. The lowest BCUT2D eigenvalue weighted by Gasteiger charge is -2.23. The lowest BCUT2D eigenvalue weighted by atomic mass is 10.1. The van der Waals surface area contributed by atoms with E-state index in [9.17, 15) is 14.0 Å². The van der Waals surface area contributed by atoms with E-state index in [2.05, 4.69) is 5.32 Å². The van der Waals surface area contributed by atoms with E-state index in [0.29, 0.717) is 28.4 Å². The minimum Gasteiger partial charge on any atom is -0.324 e. The monoisotopic (exact) mass is 344 g/mol. The average molecular weight is 344 g/mol. The van der Waals surface area contributed by atoms with E-state index in [-0.39, 0.29) is 17.6 Å². The zero-order valence-electron chi connectivity index (χ0n) is 13.2. The van der Waals surface area contributed by atoms with Crippen LogP contribution in [0.15, 0.2) is 48.5 Å². The van der Waals surface area contributed by atoms with Gasteiger partial charge < -0.3 is 10.2 Å². The molecule has 0 saturated carbocycles. The van der Waals surface area contributed by atoms with Crippen molar-refractivity contribution in [3.05, 3.63) is 65.5 Å². The van der Waals surface area contributed by atoms with Crippen molar-refractivity contribution < 1.29 is 14.0 Å². The second kappa shape index (κ2) is 7.05. The summed E-state index contributed by atoms with van der Waals surface area (Å²) in [5, 5.41) is 2.80. The van der Waals surface area contributed by atoms with Crippen LogP contribution < -0.4 is 5.32 Å². The summed E-state index contributed by atoms with van der Waals surface area (Å²) in [6, 6.07) is 12.6. The van der Waals surface area contributed by atoms with Crippen molar-refractivity contribution in [2.24, 2.45) is 0 Å². The molecule has 1 N–H and O–H groups in total. The van der Waals surface area contributed by atoms with Gasteiger partial charge in [-0.15, -0.1) is 11.8 Å². The van der Waals surface area contributed by atoms with E-state index in [1.54, 1.807) is 47.9 Å². The van der Waals surface area contributed by atoms with Gasteiger partial charge in [0, 0.05) is 17.0 Å². The molecule has 2 aromatic carbocycles. The standard InChI is InChI=1S/C18H17FN2O2S/c1-12-9-14(19)7-8-15(12)20-17(22)16-10-24-11-21(16)18(23)13-5-3-2-4-6-13/h2-9,16H,10-11H2,1H3,(H,20,22)/t16-/m0/s1. The first-order valence-corrected chi connectivity index (χ1v) is 8.72. The number of hydrogen-bond donors (Lipinski definition) is 1. The average Bonchev–Trinajstić information content (AvgIpc) is 3.07. The fourth-order valence-electron chi connectivity index (χ4n) is 2.59. The van der Waals surface area contributed by atoms with Crippen molar-refractivity contribution in [3.63, 3.8) is 0 Å². The van der Waals surface area contributed by atoms with Gasteiger partial charge in [0.15, 0.2) is 0 Å². The summed E-state index contributed by atoms with van der Waals surface area (Å²) in [5.41, 5.74) is 1.77. The van der Waals surface area contributed by atoms with Crippen LogP contribution in [0.3, 0.4) is 0 Å². The van der Waals surface area contributed by atoms with E-state index >= 15 is 0 Å². The van der Waals surface area contributed by atoms with Crippen molar-refractivity contribution in [2.75, 3.05) is 16.9 Å². The Kier molecular flexibility index (Phi) is 4.85. The lowest BCUT2D eigenvalue weighted by molar-refractivity contribution is -0.119. The molecule has 1 aliphatic rings. The fourth-order valence-corrected chi connectivity index (χ4v) is 3.74. The molecule has 1 saturated heterocycles. The maximum atomic E-state index is 13.2. The molecule has 0 radical (unpaired) electrons. The Bertz CT molecular complexity index is 767. The molecule has 4 nitrogen and oxygen atoms in total. The topological polar surface area (TPSA) is 49.4 Å². The molecule has 2 aromatic rings. The summed E-state index contributed by atoms with van der Waals surface area (Å²) >= 11 is 1.54. The summed E-state index contributed by atoms with van der Waals surface area (Å²) in [4.78, 5) is 26.8. The lowest BCUT2D eigenvalue weighted by Crippen LogP contribution is -2.44. The highest BCUT2D eigenvalue weighted by atomic mass is 32.2. The Morgan fingerprint density at radius 2 is 1.96 bits per heavy atom. The molecular weight excluding hydrogens is 327 g/mol. The molecule has 0 spiro atoms. The van der Waals surface area contributed by atoms with E-state index < -0.39 is 6.04 Å². The summed E-state index contributed by atoms with van der Waals surface area (Å²) in [7, 11) is 0. The van der Waals surface area contributed by atoms with Crippen LogP contribution in [0.5, 0.6) is 0 Å². The molecule has 0 unspecified atom stereocenters. The molecule has 24 heavy (non-hydrogen) atoms. The van der Waals surface area contributed by atoms with Crippen molar-refractivity contribution in [3.8, 4) is 0 Å². The summed E-state index contributed by atoms with van der Waals surface area (Å²) < 4.78 is 13.2. The second-order valence-electron chi connectivity index (χ2n) is 5.61. The third-order valence-corrected chi connectivity index (χ3v) is 4.93. The van der Waals surface area contributed by atoms with Crippen LogP contribution in [0.25, 0.3) is 0 Å². The van der Waals surface area contributed by atoms with Crippen molar-refractivity contribution in [1.82, 2.24) is 4.90 Å². The number of carbonyl (C=O) groups is 2. The highest BCUT2D eigenvalue weighted by Crippen LogP contribution is 2.25. The molecule has 1 fully saturated rings. The first-order chi connectivity index (χ1) is 11.6. The smallest absolute Gasteiger partial charge is 0.255 e. The van der Waals surface area contributed by atoms with Crippen molar-refractivity contribution in [1.29, 1.82) is 0 Å². The Morgan fingerprint density at radius 1 is 1.21 bits per heavy atom. The van der Waals surface area contributed by atoms with E-state index in [0.717, 1.165) is 0 Å². The van der Waals surface area contributed by atoms with Gasteiger partial charge in [-0.2, -0.15) is 0 Å². The molecule has 1 heterocycles. The van der Waals surface area contributed by atoms with Crippen LogP contribution in [0.2, 0.25) is 0 Å². The Hall–Kier alpha value is -2.34. The fraction of sp³-hybridized carbons (Fsp3) is 0.222. The number of anilines is 1. The van der Waals surface area contributed by atoms with Crippen LogP contribution in [0.1, 0.15) is 15.9 Å². The molecule has 0 bridgehead atoms. The highest BCUT2D eigenvalue weighted by Gasteiger charge is 2.35. The largest absolute Gasteiger partial charge is 0.324 e. The predicted molar refractivity (Wildman–Crippen MR) is 93.5 cm³/mol. The van der Waals surface area contributed by atoms with Crippen LogP contribution in [0.4, 0.5) is 10.1 Å². The molecule has 3 rings (SSSR count). The molecule has 0 aromatic heterocycles. The molecule has 1 atom stereocenters.